The maximum atomic E-state index is 12.0. The molecule has 0 aliphatic heterocycles. The van der Waals surface area contributed by atoms with Crippen LogP contribution < -0.4 is 10.4 Å². The zero-order valence-corrected chi connectivity index (χ0v) is 10.2. The van der Waals surface area contributed by atoms with E-state index in [-0.39, 0.29) is 5.63 Å². The molecule has 0 aliphatic rings. The van der Waals surface area contributed by atoms with Gasteiger partial charge in [-0.1, -0.05) is 12.1 Å². The Bertz CT molecular complexity index is 783. The van der Waals surface area contributed by atoms with Gasteiger partial charge in [-0.3, -0.25) is 0 Å². The topological polar surface area (TPSA) is 55.2 Å². The van der Waals surface area contributed by atoms with Crippen molar-refractivity contribution in [2.24, 2.45) is 0 Å². The van der Waals surface area contributed by atoms with Crippen molar-refractivity contribution in [1.29, 1.82) is 0 Å². The van der Waals surface area contributed by atoms with Gasteiger partial charge < -0.3 is 14.1 Å². The maximum Gasteiger partial charge on any atom is 0.346 e. The lowest BCUT2D eigenvalue weighted by Crippen LogP contribution is -1.99. The van der Waals surface area contributed by atoms with E-state index < -0.39 is 0 Å². The van der Waals surface area contributed by atoms with Gasteiger partial charge in [0.1, 0.15) is 5.58 Å². The first-order chi connectivity index (χ1) is 8.72. The summed E-state index contributed by atoms with van der Waals surface area (Å²) >= 11 is 0. The number of benzene rings is 1. The molecule has 18 heavy (non-hydrogen) atoms. The largest absolute Gasteiger partial charge is 0.479 e. The SMILES string of the molecule is CCOc1[nH]c2c(c1C)c(=O)oc1ccccc12. The molecule has 3 aromatic rings. The van der Waals surface area contributed by atoms with Gasteiger partial charge in [0.05, 0.1) is 17.5 Å². The van der Waals surface area contributed by atoms with Crippen molar-refractivity contribution < 1.29 is 9.15 Å². The molecule has 3 rings (SSSR count). The highest BCUT2D eigenvalue weighted by Crippen LogP contribution is 2.29. The highest BCUT2D eigenvalue weighted by Gasteiger charge is 2.15. The fourth-order valence-electron chi connectivity index (χ4n) is 2.23. The van der Waals surface area contributed by atoms with Gasteiger partial charge in [-0.25, -0.2) is 4.79 Å². The average molecular weight is 243 g/mol. The Morgan fingerprint density at radius 3 is 2.89 bits per heavy atom. The highest BCUT2D eigenvalue weighted by molar-refractivity contribution is 6.04. The Hall–Kier alpha value is -2.23. The number of aromatic nitrogens is 1. The zero-order valence-electron chi connectivity index (χ0n) is 10.2. The minimum Gasteiger partial charge on any atom is -0.479 e. The van der Waals surface area contributed by atoms with Crippen LogP contribution in [0.25, 0.3) is 21.9 Å². The van der Waals surface area contributed by atoms with E-state index >= 15 is 0 Å². The van der Waals surface area contributed by atoms with E-state index in [9.17, 15) is 4.79 Å². The Labute approximate surface area is 103 Å². The van der Waals surface area contributed by atoms with E-state index in [1.54, 1.807) is 6.07 Å². The Morgan fingerprint density at radius 1 is 1.33 bits per heavy atom. The Kier molecular flexibility index (Phi) is 2.37. The van der Waals surface area contributed by atoms with Crippen LogP contribution >= 0.6 is 0 Å². The first kappa shape index (κ1) is 10.9. The first-order valence-electron chi connectivity index (χ1n) is 5.89. The fraction of sp³-hybridized carbons (Fsp3) is 0.214. The summed E-state index contributed by atoms with van der Waals surface area (Å²) in [6.45, 7) is 4.32. The number of aryl methyl sites for hydroxylation is 1. The molecule has 4 nitrogen and oxygen atoms in total. The van der Waals surface area contributed by atoms with Crippen molar-refractivity contribution >= 4 is 21.9 Å². The lowest BCUT2D eigenvalue weighted by Gasteiger charge is -1.98. The number of hydrogen-bond acceptors (Lipinski definition) is 3. The van der Waals surface area contributed by atoms with E-state index in [2.05, 4.69) is 4.98 Å². The predicted octanol–water partition coefficient (Wildman–Crippen LogP) is 2.98. The van der Waals surface area contributed by atoms with Gasteiger partial charge in [0.15, 0.2) is 5.88 Å². The summed E-state index contributed by atoms with van der Waals surface area (Å²) in [4.78, 5) is 15.2. The summed E-state index contributed by atoms with van der Waals surface area (Å²) in [5.41, 5.74) is 1.83. The number of ether oxygens (including phenoxy) is 1. The molecule has 92 valence electrons. The molecular formula is C14H13NO3. The molecule has 0 aliphatic carbocycles. The third-order valence-electron chi connectivity index (χ3n) is 3.06. The number of fused-ring (bicyclic) bond motifs is 3. The Morgan fingerprint density at radius 2 is 2.11 bits per heavy atom. The van der Waals surface area contributed by atoms with Crippen molar-refractivity contribution in [2.45, 2.75) is 13.8 Å². The van der Waals surface area contributed by atoms with Gasteiger partial charge in [-0.15, -0.1) is 0 Å². The van der Waals surface area contributed by atoms with E-state index in [0.29, 0.717) is 23.5 Å². The number of nitrogens with one attached hydrogen (secondary N) is 1. The number of para-hydroxylation sites is 1. The lowest BCUT2D eigenvalue weighted by atomic mass is 10.1. The summed E-state index contributed by atoms with van der Waals surface area (Å²) < 4.78 is 10.8. The highest BCUT2D eigenvalue weighted by atomic mass is 16.5. The third kappa shape index (κ3) is 1.42. The van der Waals surface area contributed by atoms with Crippen LogP contribution in [0.3, 0.4) is 0 Å². The van der Waals surface area contributed by atoms with Crippen LogP contribution in [0.15, 0.2) is 33.5 Å². The summed E-state index contributed by atoms with van der Waals surface area (Å²) in [7, 11) is 0. The molecule has 0 fully saturated rings. The van der Waals surface area contributed by atoms with Gasteiger partial charge >= 0.3 is 5.63 Å². The second-order valence-corrected chi connectivity index (χ2v) is 4.15. The molecule has 1 N–H and O–H groups in total. The Balaban J connectivity index is 2.49. The standard InChI is InChI=1S/C14H13NO3/c1-3-17-13-8(2)11-12(15-13)9-6-4-5-7-10(9)18-14(11)16/h4-7,15H,3H2,1-2H3. The molecule has 4 heteroatoms. The van der Waals surface area contributed by atoms with Crippen LogP contribution in [0.4, 0.5) is 0 Å². The van der Waals surface area contributed by atoms with Crippen molar-refractivity contribution in [3.8, 4) is 5.88 Å². The van der Waals surface area contributed by atoms with Gasteiger partial charge in [-0.05, 0) is 26.0 Å². The van der Waals surface area contributed by atoms with Crippen LogP contribution in [0.2, 0.25) is 0 Å². The molecule has 0 unspecified atom stereocenters. The molecule has 0 spiro atoms. The molecule has 0 saturated heterocycles. The lowest BCUT2D eigenvalue weighted by molar-refractivity contribution is 0.327. The normalized spacial score (nSPS) is 11.2. The number of hydrogen-bond donors (Lipinski definition) is 1. The molecular weight excluding hydrogens is 230 g/mol. The van der Waals surface area contributed by atoms with Crippen LogP contribution in [0.5, 0.6) is 5.88 Å². The number of rotatable bonds is 2. The maximum absolute atomic E-state index is 12.0. The number of aromatic amines is 1. The molecule has 0 radical (unpaired) electrons. The second kappa shape index (κ2) is 3.91. The molecule has 1 aromatic carbocycles. The molecule has 0 bridgehead atoms. The van der Waals surface area contributed by atoms with Crippen molar-refractivity contribution in [3.05, 3.63) is 40.2 Å². The molecule has 2 aromatic heterocycles. The third-order valence-corrected chi connectivity index (χ3v) is 3.06. The molecule has 0 saturated carbocycles. The molecule has 2 heterocycles. The summed E-state index contributed by atoms with van der Waals surface area (Å²) in [5.74, 6) is 0.635. The van der Waals surface area contributed by atoms with Gasteiger partial charge in [0, 0.05) is 10.9 Å². The monoisotopic (exact) mass is 243 g/mol. The van der Waals surface area contributed by atoms with Crippen molar-refractivity contribution in [3.63, 3.8) is 0 Å². The van der Waals surface area contributed by atoms with E-state index in [4.69, 9.17) is 9.15 Å². The molecule has 0 amide bonds. The minimum atomic E-state index is -0.330. The van der Waals surface area contributed by atoms with E-state index in [0.717, 1.165) is 16.5 Å². The number of H-pyrrole nitrogens is 1. The van der Waals surface area contributed by atoms with Gasteiger partial charge in [-0.2, -0.15) is 0 Å². The smallest absolute Gasteiger partial charge is 0.346 e. The van der Waals surface area contributed by atoms with Gasteiger partial charge in [0.25, 0.3) is 0 Å². The summed E-state index contributed by atoms with van der Waals surface area (Å²) in [6.07, 6.45) is 0. The van der Waals surface area contributed by atoms with Crippen LogP contribution in [0.1, 0.15) is 12.5 Å². The summed E-state index contributed by atoms with van der Waals surface area (Å²) in [5, 5.41) is 1.46. The van der Waals surface area contributed by atoms with Crippen LogP contribution in [-0.4, -0.2) is 11.6 Å². The second-order valence-electron chi connectivity index (χ2n) is 4.15. The fourth-order valence-corrected chi connectivity index (χ4v) is 2.23. The quantitative estimate of drug-likeness (QED) is 0.704. The summed E-state index contributed by atoms with van der Waals surface area (Å²) in [6, 6.07) is 7.47. The first-order valence-corrected chi connectivity index (χ1v) is 5.89. The van der Waals surface area contributed by atoms with Crippen LogP contribution in [0, 0.1) is 6.92 Å². The zero-order chi connectivity index (χ0) is 12.7. The minimum absolute atomic E-state index is 0.330. The van der Waals surface area contributed by atoms with Gasteiger partial charge in [0.2, 0.25) is 0 Å². The van der Waals surface area contributed by atoms with E-state index in [1.165, 1.54) is 0 Å². The van der Waals surface area contributed by atoms with Crippen LogP contribution in [-0.2, 0) is 0 Å². The van der Waals surface area contributed by atoms with E-state index in [1.807, 2.05) is 32.0 Å². The van der Waals surface area contributed by atoms with Crippen molar-refractivity contribution in [2.75, 3.05) is 6.61 Å². The van der Waals surface area contributed by atoms with Crippen molar-refractivity contribution in [1.82, 2.24) is 4.98 Å². The molecule has 0 atom stereocenters. The predicted molar refractivity (Wildman–Crippen MR) is 70.2 cm³/mol. The average Bonchev–Trinajstić information content (AvgIpc) is 2.69.